The first-order chi connectivity index (χ1) is 14.5. The number of carbonyl (C=O) groups excluding carboxylic acids is 2. The predicted molar refractivity (Wildman–Crippen MR) is 107 cm³/mol. The van der Waals surface area contributed by atoms with Gasteiger partial charge in [0.05, 0.1) is 10.6 Å². The molecule has 1 aromatic heterocycles. The molecule has 2 amide bonds. The maximum Gasteiger partial charge on any atom is 0.316 e. The third kappa shape index (κ3) is 4.32. The van der Waals surface area contributed by atoms with Crippen LogP contribution in [-0.2, 0) is 0 Å². The molecule has 4 rings (SSSR count). The topological polar surface area (TPSA) is 116 Å². The van der Waals surface area contributed by atoms with Crippen LogP contribution in [0.1, 0.15) is 21.0 Å². The van der Waals surface area contributed by atoms with E-state index in [1.54, 1.807) is 24.3 Å². The van der Waals surface area contributed by atoms with E-state index < -0.39 is 11.8 Å². The number of halogens is 2. The van der Waals surface area contributed by atoms with Crippen LogP contribution >= 0.6 is 23.2 Å². The molecule has 11 heteroatoms. The van der Waals surface area contributed by atoms with E-state index in [4.69, 9.17) is 37.2 Å². The van der Waals surface area contributed by atoms with E-state index in [1.165, 1.54) is 12.1 Å². The number of nitrogens with zero attached hydrogens (tertiary/aromatic N) is 2. The fourth-order valence-electron chi connectivity index (χ4n) is 2.66. The highest BCUT2D eigenvalue weighted by atomic mass is 35.5. The molecule has 0 unspecified atom stereocenters. The number of ether oxygens (including phenoxy) is 2. The Kier molecular flexibility index (Phi) is 5.73. The number of rotatable bonds is 6. The van der Waals surface area contributed by atoms with E-state index in [9.17, 15) is 9.59 Å². The lowest BCUT2D eigenvalue weighted by molar-refractivity contribution is 0.0898. The van der Waals surface area contributed by atoms with Gasteiger partial charge in [-0.1, -0.05) is 28.4 Å². The summed E-state index contributed by atoms with van der Waals surface area (Å²) >= 11 is 11.9. The smallest absolute Gasteiger partial charge is 0.316 e. The van der Waals surface area contributed by atoms with Crippen LogP contribution in [0.5, 0.6) is 11.5 Å². The van der Waals surface area contributed by atoms with Gasteiger partial charge >= 0.3 is 11.8 Å². The minimum atomic E-state index is -0.565. The van der Waals surface area contributed by atoms with Gasteiger partial charge in [-0.3, -0.25) is 9.59 Å². The van der Waals surface area contributed by atoms with Gasteiger partial charge in [0.15, 0.2) is 11.5 Å². The third-order valence-corrected chi connectivity index (χ3v) is 4.68. The number of carbonyl (C=O) groups is 2. The Balaban J connectivity index is 1.30. The lowest BCUT2D eigenvalue weighted by Gasteiger charge is -2.07. The molecule has 1 aliphatic heterocycles. The van der Waals surface area contributed by atoms with Gasteiger partial charge in [-0.2, -0.15) is 4.98 Å². The second kappa shape index (κ2) is 8.60. The Hall–Kier alpha value is -3.30. The summed E-state index contributed by atoms with van der Waals surface area (Å²) in [7, 11) is 0. The molecule has 0 atom stereocenters. The summed E-state index contributed by atoms with van der Waals surface area (Å²) in [6, 6.07) is 9.75. The molecule has 2 aromatic carbocycles. The van der Waals surface area contributed by atoms with E-state index in [1.807, 2.05) is 0 Å². The van der Waals surface area contributed by atoms with Crippen LogP contribution < -0.4 is 20.1 Å². The van der Waals surface area contributed by atoms with Crippen molar-refractivity contribution in [3.8, 4) is 22.9 Å². The number of hydrogen-bond acceptors (Lipinski definition) is 7. The predicted octanol–water partition coefficient (Wildman–Crippen LogP) is 2.93. The van der Waals surface area contributed by atoms with Gasteiger partial charge < -0.3 is 24.6 Å². The molecule has 0 aliphatic carbocycles. The lowest BCUT2D eigenvalue weighted by atomic mass is 10.2. The zero-order chi connectivity index (χ0) is 21.1. The Labute approximate surface area is 180 Å². The van der Waals surface area contributed by atoms with Crippen molar-refractivity contribution >= 4 is 35.0 Å². The number of aromatic nitrogens is 2. The SMILES string of the molecule is O=C(NCCNC(=O)c1cc(Cl)ccc1Cl)c1nc(-c2ccc3c(c2)OCO3)no1. The van der Waals surface area contributed by atoms with Crippen LogP contribution in [0.4, 0.5) is 0 Å². The van der Waals surface area contributed by atoms with Crippen LogP contribution in [0.25, 0.3) is 11.4 Å². The summed E-state index contributed by atoms with van der Waals surface area (Å²) in [5, 5.41) is 9.71. The molecule has 2 heterocycles. The molecule has 9 nitrogen and oxygen atoms in total. The van der Waals surface area contributed by atoms with Gasteiger partial charge in [0.2, 0.25) is 12.6 Å². The van der Waals surface area contributed by atoms with Gasteiger partial charge in [-0.15, -0.1) is 0 Å². The lowest BCUT2D eigenvalue weighted by Crippen LogP contribution is -2.34. The van der Waals surface area contributed by atoms with Crippen LogP contribution in [0.2, 0.25) is 10.0 Å². The quantitative estimate of drug-likeness (QED) is 0.556. The number of amides is 2. The number of fused-ring (bicyclic) bond motifs is 1. The van der Waals surface area contributed by atoms with E-state index >= 15 is 0 Å². The van der Waals surface area contributed by atoms with Crippen molar-refractivity contribution in [3.05, 3.63) is 57.9 Å². The Morgan fingerprint density at radius 2 is 1.73 bits per heavy atom. The van der Waals surface area contributed by atoms with E-state index in [0.29, 0.717) is 22.1 Å². The van der Waals surface area contributed by atoms with E-state index in [2.05, 4.69) is 20.8 Å². The molecular formula is C19H14Cl2N4O5. The van der Waals surface area contributed by atoms with Gasteiger partial charge in [0, 0.05) is 23.7 Å². The fraction of sp³-hybridized carbons (Fsp3) is 0.158. The van der Waals surface area contributed by atoms with E-state index in [0.717, 1.165) is 0 Å². The van der Waals surface area contributed by atoms with Crippen molar-refractivity contribution in [1.82, 2.24) is 20.8 Å². The van der Waals surface area contributed by atoms with Gasteiger partial charge in [-0.05, 0) is 36.4 Å². The average Bonchev–Trinajstić information content (AvgIpc) is 3.41. The van der Waals surface area contributed by atoms with Gasteiger partial charge in [0.1, 0.15) is 0 Å². The number of nitrogens with one attached hydrogen (secondary N) is 2. The van der Waals surface area contributed by atoms with Crippen molar-refractivity contribution < 1.29 is 23.6 Å². The third-order valence-electron chi connectivity index (χ3n) is 4.12. The van der Waals surface area contributed by atoms with Crippen molar-refractivity contribution in [2.24, 2.45) is 0 Å². The summed E-state index contributed by atoms with van der Waals surface area (Å²) in [5.41, 5.74) is 0.869. The summed E-state index contributed by atoms with van der Waals surface area (Å²) in [5.74, 6) is 0.263. The molecule has 3 aromatic rings. The van der Waals surface area contributed by atoms with Crippen LogP contribution in [0.3, 0.4) is 0 Å². The second-order valence-corrected chi connectivity index (χ2v) is 6.97. The zero-order valence-corrected chi connectivity index (χ0v) is 16.8. The van der Waals surface area contributed by atoms with Crippen molar-refractivity contribution in [1.29, 1.82) is 0 Å². The number of benzene rings is 2. The second-order valence-electron chi connectivity index (χ2n) is 6.13. The molecule has 0 fully saturated rings. The minimum Gasteiger partial charge on any atom is -0.454 e. The monoisotopic (exact) mass is 448 g/mol. The molecule has 0 saturated carbocycles. The Morgan fingerprint density at radius 1 is 0.967 bits per heavy atom. The summed E-state index contributed by atoms with van der Waals surface area (Å²) in [4.78, 5) is 28.4. The highest BCUT2D eigenvalue weighted by Gasteiger charge is 2.19. The maximum absolute atomic E-state index is 12.2. The molecule has 0 bridgehead atoms. The first-order valence-electron chi connectivity index (χ1n) is 8.76. The maximum atomic E-state index is 12.2. The molecule has 154 valence electrons. The molecule has 30 heavy (non-hydrogen) atoms. The Bertz CT molecular complexity index is 1120. The number of hydrogen-bond donors (Lipinski definition) is 2. The zero-order valence-electron chi connectivity index (χ0n) is 15.3. The van der Waals surface area contributed by atoms with Crippen molar-refractivity contribution in [3.63, 3.8) is 0 Å². The molecule has 0 spiro atoms. The molecule has 1 aliphatic rings. The van der Waals surface area contributed by atoms with E-state index in [-0.39, 0.29) is 42.2 Å². The molecule has 0 saturated heterocycles. The van der Waals surface area contributed by atoms with Crippen LogP contribution in [-0.4, -0.2) is 41.8 Å². The van der Waals surface area contributed by atoms with Crippen molar-refractivity contribution in [2.75, 3.05) is 19.9 Å². The van der Waals surface area contributed by atoms with Crippen LogP contribution in [0.15, 0.2) is 40.9 Å². The summed E-state index contributed by atoms with van der Waals surface area (Å²) in [6.45, 7) is 0.458. The first-order valence-corrected chi connectivity index (χ1v) is 9.52. The normalized spacial score (nSPS) is 11.9. The van der Waals surface area contributed by atoms with Crippen molar-refractivity contribution in [2.45, 2.75) is 0 Å². The first kappa shape index (κ1) is 20.0. The largest absolute Gasteiger partial charge is 0.454 e. The summed E-state index contributed by atoms with van der Waals surface area (Å²) < 4.78 is 15.6. The standard InChI is InChI=1S/C19H14Cl2N4O5/c20-11-2-3-13(21)12(8-11)17(26)22-5-6-23-18(27)19-24-16(25-30-19)10-1-4-14-15(7-10)29-9-28-14/h1-4,7-8H,5-6,9H2,(H,22,26)(H,23,27). The fourth-order valence-corrected chi connectivity index (χ4v) is 3.04. The molecule has 0 radical (unpaired) electrons. The molecular weight excluding hydrogens is 435 g/mol. The van der Waals surface area contributed by atoms with Gasteiger partial charge in [0.25, 0.3) is 5.91 Å². The summed E-state index contributed by atoms with van der Waals surface area (Å²) in [6.07, 6.45) is 0. The average molecular weight is 449 g/mol. The highest BCUT2D eigenvalue weighted by Crippen LogP contribution is 2.35. The highest BCUT2D eigenvalue weighted by molar-refractivity contribution is 6.35. The van der Waals surface area contributed by atoms with Gasteiger partial charge in [-0.25, -0.2) is 0 Å². The molecule has 2 N–H and O–H groups in total. The Morgan fingerprint density at radius 3 is 2.57 bits per heavy atom. The minimum absolute atomic E-state index is 0.143. The van der Waals surface area contributed by atoms with Crippen LogP contribution in [0, 0.1) is 0 Å².